The summed E-state index contributed by atoms with van der Waals surface area (Å²) >= 11 is 0. The van der Waals surface area contributed by atoms with Gasteiger partial charge in [-0.15, -0.1) is 0 Å². The van der Waals surface area contributed by atoms with Crippen molar-refractivity contribution in [2.45, 2.75) is 45.6 Å². The zero-order valence-corrected chi connectivity index (χ0v) is 14.0. The standard InChI is InChI=1S/C16H28N4O/c1-11(7-8-20(5)6)18-15(21)12-9-13(16(2,3)4)19-14(17)10-12/h9-11H,7-8H2,1-6H3,(H2,17,19)(H,18,21). The summed E-state index contributed by atoms with van der Waals surface area (Å²) in [6.45, 7) is 9.10. The zero-order valence-electron chi connectivity index (χ0n) is 14.0. The number of hydrogen-bond donors (Lipinski definition) is 2. The summed E-state index contributed by atoms with van der Waals surface area (Å²) in [6.07, 6.45) is 0.908. The van der Waals surface area contributed by atoms with E-state index in [-0.39, 0.29) is 17.4 Å². The Balaban J connectivity index is 2.81. The summed E-state index contributed by atoms with van der Waals surface area (Å²) in [5.74, 6) is 0.286. The van der Waals surface area contributed by atoms with Crippen LogP contribution in [0.3, 0.4) is 0 Å². The van der Waals surface area contributed by atoms with Crippen LogP contribution in [0.5, 0.6) is 0 Å². The van der Waals surface area contributed by atoms with Gasteiger partial charge in [-0.25, -0.2) is 4.98 Å². The zero-order chi connectivity index (χ0) is 16.2. The number of amides is 1. The number of nitrogens with two attached hydrogens (primary N) is 1. The lowest BCUT2D eigenvalue weighted by atomic mass is 9.90. The molecular formula is C16H28N4O. The van der Waals surface area contributed by atoms with Crippen LogP contribution in [0.1, 0.15) is 50.2 Å². The summed E-state index contributed by atoms with van der Waals surface area (Å²) in [7, 11) is 4.04. The van der Waals surface area contributed by atoms with Crippen LogP contribution in [0, 0.1) is 0 Å². The van der Waals surface area contributed by atoms with E-state index < -0.39 is 0 Å². The average Bonchev–Trinajstić information content (AvgIpc) is 2.34. The van der Waals surface area contributed by atoms with Crippen molar-refractivity contribution in [3.05, 3.63) is 23.4 Å². The number of rotatable bonds is 5. The molecule has 1 amide bonds. The highest BCUT2D eigenvalue weighted by Crippen LogP contribution is 2.22. The molecule has 0 bridgehead atoms. The molecule has 0 fully saturated rings. The van der Waals surface area contributed by atoms with E-state index in [0.29, 0.717) is 11.4 Å². The lowest BCUT2D eigenvalue weighted by Crippen LogP contribution is -2.35. The number of pyridine rings is 1. The monoisotopic (exact) mass is 292 g/mol. The molecule has 0 saturated heterocycles. The van der Waals surface area contributed by atoms with Gasteiger partial charge in [-0.3, -0.25) is 4.79 Å². The van der Waals surface area contributed by atoms with Crippen molar-refractivity contribution >= 4 is 11.7 Å². The molecule has 0 saturated carbocycles. The number of nitrogen functional groups attached to an aromatic ring is 1. The maximum Gasteiger partial charge on any atom is 0.251 e. The quantitative estimate of drug-likeness (QED) is 0.871. The minimum Gasteiger partial charge on any atom is -0.384 e. The predicted octanol–water partition coefficient (Wildman–Crippen LogP) is 2.03. The highest BCUT2D eigenvalue weighted by molar-refractivity contribution is 5.95. The molecule has 0 aromatic carbocycles. The first-order valence-electron chi connectivity index (χ1n) is 7.33. The van der Waals surface area contributed by atoms with Gasteiger partial charge in [0.1, 0.15) is 5.82 Å². The molecule has 0 spiro atoms. The average molecular weight is 292 g/mol. The Bertz CT molecular complexity index is 492. The molecule has 0 aliphatic rings. The summed E-state index contributed by atoms with van der Waals surface area (Å²) in [5.41, 5.74) is 7.09. The van der Waals surface area contributed by atoms with E-state index in [1.54, 1.807) is 6.07 Å². The van der Waals surface area contributed by atoms with Crippen molar-refractivity contribution in [2.24, 2.45) is 0 Å². The van der Waals surface area contributed by atoms with Crippen molar-refractivity contribution in [3.63, 3.8) is 0 Å². The highest BCUT2D eigenvalue weighted by Gasteiger charge is 2.19. The molecule has 0 radical (unpaired) electrons. The number of carbonyl (C=O) groups excluding carboxylic acids is 1. The van der Waals surface area contributed by atoms with Gasteiger partial charge >= 0.3 is 0 Å². The van der Waals surface area contributed by atoms with Crippen molar-refractivity contribution in [1.82, 2.24) is 15.2 Å². The van der Waals surface area contributed by atoms with Gasteiger partial charge in [0.05, 0.1) is 0 Å². The van der Waals surface area contributed by atoms with Crippen LogP contribution < -0.4 is 11.1 Å². The molecule has 0 aliphatic carbocycles. The summed E-state index contributed by atoms with van der Waals surface area (Å²) < 4.78 is 0. The lowest BCUT2D eigenvalue weighted by molar-refractivity contribution is 0.0936. The smallest absolute Gasteiger partial charge is 0.251 e. The number of hydrogen-bond acceptors (Lipinski definition) is 4. The van der Waals surface area contributed by atoms with Crippen LogP contribution in [-0.2, 0) is 5.41 Å². The van der Waals surface area contributed by atoms with Crippen LogP contribution in [0.2, 0.25) is 0 Å². The Morgan fingerprint density at radius 2 is 2.00 bits per heavy atom. The fraction of sp³-hybridized carbons (Fsp3) is 0.625. The van der Waals surface area contributed by atoms with Gasteiger partial charge < -0.3 is 16.0 Å². The van der Waals surface area contributed by atoms with E-state index >= 15 is 0 Å². The molecule has 1 heterocycles. The fourth-order valence-electron chi connectivity index (χ4n) is 1.90. The van der Waals surface area contributed by atoms with Gasteiger partial charge in [0, 0.05) is 22.7 Å². The van der Waals surface area contributed by atoms with Crippen molar-refractivity contribution < 1.29 is 4.79 Å². The third kappa shape index (κ3) is 5.71. The first-order valence-corrected chi connectivity index (χ1v) is 7.33. The normalized spacial score (nSPS) is 13.3. The molecule has 21 heavy (non-hydrogen) atoms. The minimum atomic E-state index is -0.138. The number of anilines is 1. The second kappa shape index (κ2) is 6.89. The summed E-state index contributed by atoms with van der Waals surface area (Å²) in [5, 5.41) is 3.01. The SMILES string of the molecule is CC(CCN(C)C)NC(=O)c1cc(N)nc(C(C)(C)C)c1. The molecule has 3 N–H and O–H groups in total. The molecule has 5 nitrogen and oxygen atoms in total. The number of carbonyl (C=O) groups is 1. The molecule has 1 rings (SSSR count). The Labute approximate surface area is 127 Å². The topological polar surface area (TPSA) is 71.2 Å². The first kappa shape index (κ1) is 17.4. The van der Waals surface area contributed by atoms with Gasteiger partial charge in [-0.2, -0.15) is 0 Å². The van der Waals surface area contributed by atoms with Crippen molar-refractivity contribution in [3.8, 4) is 0 Å². The fourth-order valence-corrected chi connectivity index (χ4v) is 1.90. The molecule has 5 heteroatoms. The van der Waals surface area contributed by atoms with Crippen LogP contribution >= 0.6 is 0 Å². The van der Waals surface area contributed by atoms with Crippen molar-refractivity contribution in [1.29, 1.82) is 0 Å². The molecule has 1 aromatic rings. The van der Waals surface area contributed by atoms with E-state index in [4.69, 9.17) is 5.73 Å². The van der Waals surface area contributed by atoms with Gasteiger partial charge in [0.15, 0.2) is 0 Å². The summed E-state index contributed by atoms with van der Waals surface area (Å²) in [6, 6.07) is 3.57. The Morgan fingerprint density at radius 3 is 2.52 bits per heavy atom. The first-order chi connectivity index (χ1) is 9.59. The van der Waals surface area contributed by atoms with Gasteiger partial charge in [-0.1, -0.05) is 20.8 Å². The Hall–Kier alpha value is -1.62. The maximum atomic E-state index is 12.3. The third-order valence-electron chi connectivity index (χ3n) is 3.26. The van der Waals surface area contributed by atoms with Crippen LogP contribution in [0.4, 0.5) is 5.82 Å². The van der Waals surface area contributed by atoms with Crippen molar-refractivity contribution in [2.75, 3.05) is 26.4 Å². The predicted molar refractivity (Wildman–Crippen MR) is 87.4 cm³/mol. The van der Waals surface area contributed by atoms with Gasteiger partial charge in [0.2, 0.25) is 0 Å². The van der Waals surface area contributed by atoms with Gasteiger partial charge in [-0.05, 0) is 46.1 Å². The lowest BCUT2D eigenvalue weighted by Gasteiger charge is -2.20. The second-order valence-corrected chi connectivity index (χ2v) is 6.88. The molecule has 1 aromatic heterocycles. The number of nitrogens with zero attached hydrogens (tertiary/aromatic N) is 2. The number of aromatic nitrogens is 1. The molecule has 1 unspecified atom stereocenters. The Morgan fingerprint density at radius 1 is 1.38 bits per heavy atom. The van der Waals surface area contributed by atoms with Gasteiger partial charge in [0.25, 0.3) is 5.91 Å². The molecule has 118 valence electrons. The second-order valence-electron chi connectivity index (χ2n) is 6.88. The van der Waals surface area contributed by atoms with Crippen LogP contribution in [0.25, 0.3) is 0 Å². The Kier molecular flexibility index (Phi) is 5.72. The van der Waals surface area contributed by atoms with E-state index in [0.717, 1.165) is 18.7 Å². The number of nitrogens with one attached hydrogen (secondary N) is 1. The molecule has 0 aliphatic heterocycles. The van der Waals surface area contributed by atoms with Crippen LogP contribution in [0.15, 0.2) is 12.1 Å². The van der Waals surface area contributed by atoms with E-state index in [1.165, 1.54) is 0 Å². The minimum absolute atomic E-state index is 0.0964. The highest BCUT2D eigenvalue weighted by atomic mass is 16.1. The van der Waals surface area contributed by atoms with Crippen LogP contribution in [-0.4, -0.2) is 42.5 Å². The molecule has 1 atom stereocenters. The van der Waals surface area contributed by atoms with E-state index in [9.17, 15) is 4.79 Å². The third-order valence-corrected chi connectivity index (χ3v) is 3.26. The van der Waals surface area contributed by atoms with E-state index in [1.807, 2.05) is 27.1 Å². The van der Waals surface area contributed by atoms with E-state index in [2.05, 4.69) is 36.0 Å². The molecular weight excluding hydrogens is 264 g/mol. The maximum absolute atomic E-state index is 12.3. The largest absolute Gasteiger partial charge is 0.384 e. The summed E-state index contributed by atoms with van der Waals surface area (Å²) in [4.78, 5) is 18.7.